The first-order chi connectivity index (χ1) is 7.43. The average Bonchev–Trinajstić information content (AvgIpc) is 2.54. The van der Waals surface area contributed by atoms with Crippen LogP contribution in [-0.2, 0) is 19.0 Å². The first-order valence-corrected chi connectivity index (χ1v) is 5.68. The fraction of sp³-hybridized carbons (Fsp3) is 0.462. The van der Waals surface area contributed by atoms with E-state index < -0.39 is 0 Å². The number of nitrogens with two attached hydrogens (primary N) is 1. The van der Waals surface area contributed by atoms with Gasteiger partial charge in [-0.25, -0.2) is 4.98 Å². The summed E-state index contributed by atoms with van der Waals surface area (Å²) < 4.78 is 2.14. The minimum absolute atomic E-state index is 0.301. The molecular weight excluding hydrogens is 198 g/mol. The van der Waals surface area contributed by atoms with E-state index in [9.17, 15) is 0 Å². The molecule has 86 valence electrons. The summed E-state index contributed by atoms with van der Waals surface area (Å²) in [6.45, 7) is 6.16. The highest BCUT2D eigenvalue weighted by molar-refractivity contribution is 5.77. The van der Waals surface area contributed by atoms with Crippen LogP contribution in [0.4, 0.5) is 0 Å². The zero-order valence-corrected chi connectivity index (χ0v) is 10.4. The normalized spacial score (nSPS) is 12.3. The van der Waals surface area contributed by atoms with Gasteiger partial charge in [-0.05, 0) is 31.5 Å². The first-order valence-electron chi connectivity index (χ1n) is 5.68. The van der Waals surface area contributed by atoms with E-state index >= 15 is 0 Å². The largest absolute Gasteiger partial charge is 0.331 e. The van der Waals surface area contributed by atoms with E-state index in [1.54, 1.807) is 0 Å². The molecule has 2 rings (SSSR count). The van der Waals surface area contributed by atoms with Crippen LogP contribution in [0.2, 0.25) is 0 Å². The molecule has 0 fully saturated rings. The summed E-state index contributed by atoms with van der Waals surface area (Å²) in [6, 6.07) is 6.26. The highest BCUT2D eigenvalue weighted by Gasteiger charge is 2.16. The van der Waals surface area contributed by atoms with Crippen molar-refractivity contribution in [3.05, 3.63) is 29.6 Å². The van der Waals surface area contributed by atoms with E-state index in [1.165, 1.54) is 0 Å². The Kier molecular flexibility index (Phi) is 2.50. The van der Waals surface area contributed by atoms with Gasteiger partial charge in [0.2, 0.25) is 0 Å². The molecule has 1 heterocycles. The summed E-state index contributed by atoms with van der Waals surface area (Å²) in [5.74, 6) is 1.11. The molecule has 0 bridgehead atoms. The Labute approximate surface area is 96.3 Å². The lowest BCUT2D eigenvalue weighted by Crippen LogP contribution is -2.28. The summed E-state index contributed by atoms with van der Waals surface area (Å²) in [5, 5.41) is 0. The Morgan fingerprint density at radius 1 is 1.38 bits per heavy atom. The Hall–Kier alpha value is -1.35. The monoisotopic (exact) mass is 217 g/mol. The van der Waals surface area contributed by atoms with Crippen LogP contribution in [0.1, 0.15) is 32.2 Å². The number of aryl methyl sites for hydroxylation is 2. The van der Waals surface area contributed by atoms with E-state index in [2.05, 4.69) is 41.7 Å². The molecule has 16 heavy (non-hydrogen) atoms. The van der Waals surface area contributed by atoms with Gasteiger partial charge in [0.25, 0.3) is 0 Å². The molecule has 0 spiro atoms. The molecule has 1 aromatic carbocycles. The zero-order chi connectivity index (χ0) is 11.9. The van der Waals surface area contributed by atoms with Crippen LogP contribution in [0.5, 0.6) is 0 Å². The van der Waals surface area contributed by atoms with E-state index in [1.807, 2.05) is 13.8 Å². The Bertz CT molecular complexity index is 518. The fourth-order valence-electron chi connectivity index (χ4n) is 1.96. The molecule has 0 aliphatic heterocycles. The van der Waals surface area contributed by atoms with Gasteiger partial charge in [-0.1, -0.05) is 13.0 Å². The van der Waals surface area contributed by atoms with Crippen LogP contribution in [0.15, 0.2) is 18.2 Å². The molecule has 0 atom stereocenters. The number of benzene rings is 1. The third-order valence-corrected chi connectivity index (χ3v) is 3.03. The van der Waals surface area contributed by atoms with Crippen molar-refractivity contribution in [1.29, 1.82) is 0 Å². The van der Waals surface area contributed by atoms with Crippen molar-refractivity contribution < 1.29 is 0 Å². The molecule has 0 amide bonds. The summed E-state index contributed by atoms with van der Waals surface area (Å²) in [5.41, 5.74) is 9.16. The number of nitrogens with zero attached hydrogens (tertiary/aromatic N) is 2. The van der Waals surface area contributed by atoms with E-state index in [0.29, 0.717) is 0 Å². The van der Waals surface area contributed by atoms with Crippen molar-refractivity contribution in [3.63, 3.8) is 0 Å². The molecule has 0 aliphatic carbocycles. The lowest BCUT2D eigenvalue weighted by molar-refractivity contribution is 0.555. The molecule has 0 aliphatic rings. The van der Waals surface area contributed by atoms with Gasteiger partial charge in [0.05, 0.1) is 11.0 Å². The number of hydrogen-bond acceptors (Lipinski definition) is 2. The van der Waals surface area contributed by atoms with Crippen LogP contribution in [0.3, 0.4) is 0 Å². The number of fused-ring (bicyclic) bond motifs is 1. The quantitative estimate of drug-likeness (QED) is 0.839. The lowest BCUT2D eigenvalue weighted by atomic mass is 9.95. The highest BCUT2D eigenvalue weighted by atomic mass is 15.1. The first kappa shape index (κ1) is 11.1. The van der Waals surface area contributed by atoms with Crippen LogP contribution >= 0.6 is 0 Å². The van der Waals surface area contributed by atoms with Gasteiger partial charge in [-0.2, -0.15) is 0 Å². The molecule has 0 saturated heterocycles. The molecule has 3 nitrogen and oxygen atoms in total. The van der Waals surface area contributed by atoms with Gasteiger partial charge < -0.3 is 10.3 Å². The molecule has 1 aromatic heterocycles. The van der Waals surface area contributed by atoms with E-state index in [4.69, 9.17) is 5.73 Å². The second kappa shape index (κ2) is 3.59. The SMILES string of the molecule is CCc1nc2ccc(C(C)(C)N)cc2n1C. The molecule has 3 heteroatoms. The third-order valence-electron chi connectivity index (χ3n) is 3.03. The smallest absolute Gasteiger partial charge is 0.109 e. The topological polar surface area (TPSA) is 43.8 Å². The van der Waals surface area contributed by atoms with E-state index in [0.717, 1.165) is 28.8 Å². The predicted octanol–water partition coefficient (Wildman–Crippen LogP) is 2.33. The van der Waals surface area contributed by atoms with Gasteiger partial charge >= 0.3 is 0 Å². The highest BCUT2D eigenvalue weighted by Crippen LogP contribution is 2.23. The number of imidazole rings is 1. The Balaban J connectivity index is 2.66. The van der Waals surface area contributed by atoms with Gasteiger partial charge in [-0.15, -0.1) is 0 Å². The van der Waals surface area contributed by atoms with Gasteiger partial charge in [0, 0.05) is 19.0 Å². The Morgan fingerprint density at radius 3 is 2.62 bits per heavy atom. The molecular formula is C13H19N3. The summed E-state index contributed by atoms with van der Waals surface area (Å²) in [4.78, 5) is 4.58. The zero-order valence-electron chi connectivity index (χ0n) is 10.4. The van der Waals surface area contributed by atoms with Crippen molar-refractivity contribution in [1.82, 2.24) is 9.55 Å². The average molecular weight is 217 g/mol. The maximum atomic E-state index is 6.11. The molecule has 2 N–H and O–H groups in total. The molecule has 0 saturated carbocycles. The maximum Gasteiger partial charge on any atom is 0.109 e. The molecule has 0 unspecified atom stereocenters. The summed E-state index contributed by atoms with van der Waals surface area (Å²) in [7, 11) is 2.06. The second-order valence-corrected chi connectivity index (χ2v) is 4.87. The van der Waals surface area contributed by atoms with Crippen LogP contribution in [0.25, 0.3) is 11.0 Å². The third kappa shape index (κ3) is 1.71. The summed E-state index contributed by atoms with van der Waals surface area (Å²) >= 11 is 0. The van der Waals surface area contributed by atoms with Gasteiger partial charge in [-0.3, -0.25) is 0 Å². The number of aromatic nitrogens is 2. The number of rotatable bonds is 2. The maximum absolute atomic E-state index is 6.11. The van der Waals surface area contributed by atoms with Crippen molar-refractivity contribution in [3.8, 4) is 0 Å². The minimum atomic E-state index is -0.301. The minimum Gasteiger partial charge on any atom is -0.331 e. The van der Waals surface area contributed by atoms with Crippen molar-refractivity contribution in [2.24, 2.45) is 12.8 Å². The Morgan fingerprint density at radius 2 is 2.06 bits per heavy atom. The van der Waals surface area contributed by atoms with Crippen molar-refractivity contribution >= 4 is 11.0 Å². The molecule has 2 aromatic rings. The fourth-order valence-corrected chi connectivity index (χ4v) is 1.96. The van der Waals surface area contributed by atoms with Crippen LogP contribution in [0, 0.1) is 0 Å². The van der Waals surface area contributed by atoms with Crippen LogP contribution in [-0.4, -0.2) is 9.55 Å². The lowest BCUT2D eigenvalue weighted by Gasteiger charge is -2.19. The summed E-state index contributed by atoms with van der Waals surface area (Å²) in [6.07, 6.45) is 0.951. The number of hydrogen-bond donors (Lipinski definition) is 1. The molecule has 0 radical (unpaired) electrons. The van der Waals surface area contributed by atoms with Crippen molar-refractivity contribution in [2.45, 2.75) is 32.7 Å². The predicted molar refractivity (Wildman–Crippen MR) is 67.3 cm³/mol. The standard InChI is InChI=1S/C13H19N3/c1-5-12-15-10-7-6-9(13(2,3)14)8-11(10)16(12)4/h6-8H,5,14H2,1-4H3. The van der Waals surface area contributed by atoms with Crippen molar-refractivity contribution in [2.75, 3.05) is 0 Å². The van der Waals surface area contributed by atoms with Crippen LogP contribution < -0.4 is 5.73 Å². The second-order valence-electron chi connectivity index (χ2n) is 4.87. The van der Waals surface area contributed by atoms with Gasteiger partial charge in [0.1, 0.15) is 5.82 Å². The van der Waals surface area contributed by atoms with E-state index in [-0.39, 0.29) is 5.54 Å². The van der Waals surface area contributed by atoms with Gasteiger partial charge in [0.15, 0.2) is 0 Å².